The monoisotopic (exact) mass is 725 g/mol. The number of anilines is 1. The van der Waals surface area contributed by atoms with Crippen molar-refractivity contribution in [3.8, 4) is 0 Å². The molecule has 2 fully saturated rings. The number of hydrogen-bond acceptors (Lipinski definition) is 3. The maximum Gasteiger partial charge on any atom is 0.416 e. The van der Waals surface area contributed by atoms with Crippen molar-refractivity contribution in [2.45, 2.75) is 121 Å². The van der Waals surface area contributed by atoms with E-state index in [0.29, 0.717) is 53.1 Å². The quantitative estimate of drug-likeness (QED) is 0.190. The fourth-order valence-corrected chi connectivity index (χ4v) is 9.48. The Hall–Kier alpha value is -3.69. The zero-order valence-corrected chi connectivity index (χ0v) is 30.3. The van der Waals surface area contributed by atoms with Crippen molar-refractivity contribution < 1.29 is 30.9 Å². The molecule has 2 aliphatic heterocycles. The van der Waals surface area contributed by atoms with Gasteiger partial charge >= 0.3 is 12.4 Å². The van der Waals surface area contributed by atoms with Gasteiger partial charge in [0.2, 0.25) is 16.5 Å². The average molecular weight is 726 g/mol. The minimum Gasteiger partial charge on any atom is -0.364 e. The number of hydrogen-bond donors (Lipinski definition) is 0. The first-order valence-corrected chi connectivity index (χ1v) is 18.8. The molecular formula is C42H47F6N2O2+. The predicted molar refractivity (Wildman–Crippen MR) is 193 cm³/mol. The Bertz CT molecular complexity index is 2070. The van der Waals surface area contributed by atoms with Crippen LogP contribution in [0.1, 0.15) is 114 Å². The number of halogens is 6. The Balaban J connectivity index is 1.33. The summed E-state index contributed by atoms with van der Waals surface area (Å²) in [5, 5.41) is -0.00717. The summed E-state index contributed by atoms with van der Waals surface area (Å²) in [6.45, 7) is 8.59. The van der Waals surface area contributed by atoms with E-state index >= 15 is 0 Å². The SMILES string of the molecule is CC1(C)C(C=c2c(=O)c(=CC3N(CC4CCCCC4)c4ccc(C(F)(F)F)cc4C3(C)C)c2=O)=[N+](CC2CCCCC2)c2ccc(C(F)(F)F)cc21. The molecule has 0 amide bonds. The van der Waals surface area contributed by atoms with Gasteiger partial charge in [-0.2, -0.15) is 30.9 Å². The highest BCUT2D eigenvalue weighted by atomic mass is 19.4. The number of alkyl halides is 6. The molecule has 2 aliphatic carbocycles. The van der Waals surface area contributed by atoms with E-state index in [1.165, 1.54) is 24.3 Å². The van der Waals surface area contributed by atoms with E-state index in [9.17, 15) is 35.9 Å². The summed E-state index contributed by atoms with van der Waals surface area (Å²) in [6.07, 6.45) is 4.89. The van der Waals surface area contributed by atoms with Gasteiger partial charge in [0.05, 0.1) is 33.0 Å². The van der Waals surface area contributed by atoms with Crippen LogP contribution < -0.4 is 26.2 Å². The summed E-state index contributed by atoms with van der Waals surface area (Å²) in [6, 6.07) is 7.11. The summed E-state index contributed by atoms with van der Waals surface area (Å²) in [5.41, 5.74) is -1.11. The van der Waals surface area contributed by atoms with E-state index in [-0.39, 0.29) is 10.4 Å². The lowest BCUT2D eigenvalue weighted by molar-refractivity contribution is -0.447. The molecule has 0 aromatic heterocycles. The molecule has 0 spiro atoms. The van der Waals surface area contributed by atoms with Crippen LogP contribution >= 0.6 is 0 Å². The number of benzene rings is 2. The average Bonchev–Trinajstić information content (AvgIpc) is 3.43. The highest BCUT2D eigenvalue weighted by Gasteiger charge is 2.48. The highest BCUT2D eigenvalue weighted by Crippen LogP contribution is 2.49. The van der Waals surface area contributed by atoms with Crippen LogP contribution in [0, 0.1) is 11.8 Å². The van der Waals surface area contributed by atoms with Gasteiger partial charge in [-0.25, -0.2) is 0 Å². The maximum absolute atomic E-state index is 14.0. The Labute approximate surface area is 300 Å². The van der Waals surface area contributed by atoms with E-state index in [1.807, 2.05) is 32.3 Å². The summed E-state index contributed by atoms with van der Waals surface area (Å²) in [4.78, 5) is 30.0. The van der Waals surface area contributed by atoms with Crippen LogP contribution in [0.4, 0.5) is 37.7 Å². The van der Waals surface area contributed by atoms with E-state index < -0.39 is 51.2 Å². The Kier molecular flexibility index (Phi) is 9.17. The van der Waals surface area contributed by atoms with Crippen molar-refractivity contribution in [3.63, 3.8) is 0 Å². The Morgan fingerprint density at radius 2 is 1.27 bits per heavy atom. The largest absolute Gasteiger partial charge is 0.416 e. The lowest BCUT2D eigenvalue weighted by Gasteiger charge is -2.36. The first kappa shape index (κ1) is 36.7. The van der Waals surface area contributed by atoms with Crippen LogP contribution in [-0.2, 0) is 23.2 Å². The molecule has 278 valence electrons. The number of nitrogens with zero attached hydrogens (tertiary/aromatic N) is 2. The van der Waals surface area contributed by atoms with Crippen molar-refractivity contribution in [2.24, 2.45) is 11.8 Å². The smallest absolute Gasteiger partial charge is 0.364 e. The molecule has 0 bridgehead atoms. The fraction of sp³-hybridized carbons (Fsp3) is 0.548. The molecule has 0 N–H and O–H groups in total. The topological polar surface area (TPSA) is 40.4 Å². The maximum atomic E-state index is 14.0. The molecule has 1 atom stereocenters. The summed E-state index contributed by atoms with van der Waals surface area (Å²) >= 11 is 0. The number of fused-ring (bicyclic) bond motifs is 2. The molecule has 4 aliphatic rings. The molecule has 2 heterocycles. The van der Waals surface area contributed by atoms with E-state index in [2.05, 4.69) is 4.90 Å². The first-order valence-electron chi connectivity index (χ1n) is 18.8. The third-order valence-electron chi connectivity index (χ3n) is 12.6. The van der Waals surface area contributed by atoms with Gasteiger partial charge < -0.3 is 4.90 Å². The Morgan fingerprint density at radius 1 is 0.731 bits per heavy atom. The molecule has 3 aromatic carbocycles. The van der Waals surface area contributed by atoms with Gasteiger partial charge in [-0.1, -0.05) is 52.4 Å². The summed E-state index contributed by atoms with van der Waals surface area (Å²) in [5.74, 6) is 0.672. The second-order valence-corrected chi connectivity index (χ2v) is 16.7. The van der Waals surface area contributed by atoms with Crippen LogP contribution in [0.25, 0.3) is 12.2 Å². The first-order chi connectivity index (χ1) is 24.4. The van der Waals surface area contributed by atoms with Gasteiger partial charge in [-0.3, -0.25) is 9.59 Å². The van der Waals surface area contributed by atoms with Crippen molar-refractivity contribution in [1.82, 2.24) is 0 Å². The van der Waals surface area contributed by atoms with Crippen molar-refractivity contribution in [3.05, 3.63) is 89.5 Å². The zero-order valence-electron chi connectivity index (χ0n) is 30.3. The molecular weight excluding hydrogens is 678 g/mol. The lowest BCUT2D eigenvalue weighted by Crippen LogP contribution is -2.66. The predicted octanol–water partition coefficient (Wildman–Crippen LogP) is 8.28. The molecule has 52 heavy (non-hydrogen) atoms. The normalized spacial score (nSPS) is 22.2. The van der Waals surface area contributed by atoms with Gasteiger partial charge in [0.25, 0.3) is 0 Å². The van der Waals surface area contributed by atoms with Gasteiger partial charge in [-0.15, -0.1) is 0 Å². The van der Waals surface area contributed by atoms with Crippen LogP contribution in [0.15, 0.2) is 46.0 Å². The standard InChI is InChI=1S/C42H47F6N2O2/c1-39(2)31-19-27(41(43,44)45)15-17-33(31)49(23-25-11-7-5-8-12-25)35(39)21-29-37(51)30(38(29)52)22-36-40(3,4)32-20-28(42(46,47)48)16-18-34(32)50(36)24-26-13-9-6-10-14-26/h15-22,25-26,35H,5-14,23-24H2,1-4H3/q+1. The third-order valence-corrected chi connectivity index (χ3v) is 12.6. The van der Waals surface area contributed by atoms with Gasteiger partial charge in [0, 0.05) is 41.3 Å². The molecule has 10 heteroatoms. The highest BCUT2D eigenvalue weighted by molar-refractivity contribution is 6.15. The molecule has 3 aromatic rings. The van der Waals surface area contributed by atoms with Gasteiger partial charge in [-0.05, 0) is 87.4 Å². The van der Waals surface area contributed by atoms with Crippen LogP contribution in [0.5, 0.6) is 0 Å². The van der Waals surface area contributed by atoms with Crippen LogP contribution in [0.3, 0.4) is 0 Å². The molecule has 0 saturated heterocycles. The van der Waals surface area contributed by atoms with Gasteiger partial charge in [0.1, 0.15) is 0 Å². The second kappa shape index (κ2) is 13.0. The zero-order chi connectivity index (χ0) is 37.4. The van der Waals surface area contributed by atoms with E-state index in [4.69, 9.17) is 0 Å². The van der Waals surface area contributed by atoms with Crippen molar-refractivity contribution in [1.29, 1.82) is 0 Å². The van der Waals surface area contributed by atoms with E-state index in [0.717, 1.165) is 76.3 Å². The third kappa shape index (κ3) is 6.36. The molecule has 1 unspecified atom stereocenters. The van der Waals surface area contributed by atoms with E-state index in [1.54, 1.807) is 12.2 Å². The lowest BCUT2D eigenvalue weighted by atomic mass is 9.79. The summed E-state index contributed by atoms with van der Waals surface area (Å²) < 4.78 is 85.1. The van der Waals surface area contributed by atoms with Gasteiger partial charge in [0.15, 0.2) is 12.3 Å². The molecule has 0 radical (unpaired) electrons. The summed E-state index contributed by atoms with van der Waals surface area (Å²) in [7, 11) is 0. The minimum atomic E-state index is -4.52. The molecule has 4 nitrogen and oxygen atoms in total. The molecule has 2 saturated carbocycles. The molecule has 7 rings (SSSR count). The van der Waals surface area contributed by atoms with Crippen LogP contribution in [0.2, 0.25) is 0 Å². The second-order valence-electron chi connectivity index (χ2n) is 16.7. The fourth-order valence-electron chi connectivity index (χ4n) is 9.48. The Morgan fingerprint density at radius 3 is 1.85 bits per heavy atom. The number of rotatable bonds is 6. The minimum absolute atomic E-state index is 0.00826. The van der Waals surface area contributed by atoms with Crippen molar-refractivity contribution >= 4 is 29.2 Å². The van der Waals surface area contributed by atoms with Crippen LogP contribution in [-0.4, -0.2) is 29.4 Å². The van der Waals surface area contributed by atoms with Crippen molar-refractivity contribution in [2.75, 3.05) is 18.0 Å².